The Bertz CT molecular complexity index is 499. The molecular weight excluding hydrogens is 266 g/mol. The number of aliphatic hydroxyl groups is 1. The van der Waals surface area contributed by atoms with Crippen LogP contribution in [0.4, 0.5) is 0 Å². The minimum atomic E-state index is -3.23. The Labute approximate surface area is 114 Å². The molecule has 6 heteroatoms. The Balaban J connectivity index is 2.67. The number of benzene rings is 1. The van der Waals surface area contributed by atoms with Crippen LogP contribution in [0.3, 0.4) is 0 Å². The average Bonchev–Trinajstić information content (AvgIpc) is 2.33. The quantitative estimate of drug-likeness (QED) is 0.777. The van der Waals surface area contributed by atoms with Gasteiger partial charge < -0.3 is 15.2 Å². The van der Waals surface area contributed by atoms with Crippen molar-refractivity contribution in [2.45, 2.75) is 30.8 Å². The highest BCUT2D eigenvalue weighted by Gasteiger charge is 2.11. The highest BCUT2D eigenvalue weighted by molar-refractivity contribution is 7.90. The first-order chi connectivity index (χ1) is 8.82. The van der Waals surface area contributed by atoms with Gasteiger partial charge in [-0.2, -0.15) is 0 Å². The lowest BCUT2D eigenvalue weighted by Gasteiger charge is -2.19. The van der Waals surface area contributed by atoms with Crippen LogP contribution in [-0.2, 0) is 9.84 Å². The molecule has 2 N–H and O–H groups in total. The van der Waals surface area contributed by atoms with Crippen molar-refractivity contribution in [2.75, 3.05) is 19.5 Å². The summed E-state index contributed by atoms with van der Waals surface area (Å²) < 4.78 is 28.3. The third-order valence-corrected chi connectivity index (χ3v) is 3.58. The molecule has 1 unspecified atom stereocenters. The monoisotopic (exact) mass is 287 g/mol. The molecular formula is C13H21NO4S. The standard InChI is InChI=1S/C13H21NO4S/c1-10(2)14-11(8-15)9-18-12-5-4-6-13(7-12)19(3,16)17/h4-7,10-11,14-15H,8-9H2,1-3H3. The van der Waals surface area contributed by atoms with Crippen molar-refractivity contribution >= 4 is 9.84 Å². The number of aliphatic hydroxyl groups excluding tert-OH is 1. The maximum Gasteiger partial charge on any atom is 0.175 e. The number of hydrogen-bond acceptors (Lipinski definition) is 5. The largest absolute Gasteiger partial charge is 0.492 e. The molecule has 0 saturated carbocycles. The molecule has 1 aromatic rings. The van der Waals surface area contributed by atoms with Crippen LogP contribution in [0.25, 0.3) is 0 Å². The van der Waals surface area contributed by atoms with Crippen molar-refractivity contribution in [1.82, 2.24) is 5.32 Å². The zero-order chi connectivity index (χ0) is 14.5. The van der Waals surface area contributed by atoms with Gasteiger partial charge in [-0.3, -0.25) is 0 Å². The van der Waals surface area contributed by atoms with Gasteiger partial charge in [0, 0.05) is 12.3 Å². The van der Waals surface area contributed by atoms with Crippen molar-refractivity contribution in [3.8, 4) is 5.75 Å². The normalized spacial score (nSPS) is 13.5. The van der Waals surface area contributed by atoms with Crippen LogP contribution in [0.15, 0.2) is 29.2 Å². The van der Waals surface area contributed by atoms with E-state index in [0.29, 0.717) is 5.75 Å². The second-order valence-corrected chi connectivity index (χ2v) is 6.77. The SMILES string of the molecule is CC(C)NC(CO)COc1cccc(S(C)(=O)=O)c1. The van der Waals surface area contributed by atoms with Gasteiger partial charge in [0.05, 0.1) is 17.5 Å². The van der Waals surface area contributed by atoms with Crippen LogP contribution in [0, 0.1) is 0 Å². The molecule has 1 aromatic carbocycles. The summed E-state index contributed by atoms with van der Waals surface area (Å²) in [5.41, 5.74) is 0. The molecule has 0 heterocycles. The van der Waals surface area contributed by atoms with E-state index < -0.39 is 9.84 Å². The molecule has 0 saturated heterocycles. The summed E-state index contributed by atoms with van der Waals surface area (Å²) in [4.78, 5) is 0.224. The molecule has 1 rings (SSSR count). The van der Waals surface area contributed by atoms with Gasteiger partial charge in [-0.1, -0.05) is 19.9 Å². The van der Waals surface area contributed by atoms with Crippen molar-refractivity contribution < 1.29 is 18.3 Å². The van der Waals surface area contributed by atoms with Crippen molar-refractivity contribution in [3.63, 3.8) is 0 Å². The first-order valence-corrected chi connectivity index (χ1v) is 8.02. The first-order valence-electron chi connectivity index (χ1n) is 6.12. The molecule has 1 atom stereocenters. The maximum absolute atomic E-state index is 11.4. The van der Waals surface area contributed by atoms with Gasteiger partial charge in [0.15, 0.2) is 9.84 Å². The molecule has 5 nitrogen and oxygen atoms in total. The van der Waals surface area contributed by atoms with Crippen molar-refractivity contribution in [2.24, 2.45) is 0 Å². The van der Waals surface area contributed by atoms with Gasteiger partial charge in [0.25, 0.3) is 0 Å². The summed E-state index contributed by atoms with van der Waals surface area (Å²) in [6.45, 7) is 4.20. The molecule has 0 amide bonds. The zero-order valence-electron chi connectivity index (χ0n) is 11.5. The molecule has 0 fully saturated rings. The van der Waals surface area contributed by atoms with Crippen LogP contribution in [0.1, 0.15) is 13.8 Å². The number of sulfone groups is 1. The van der Waals surface area contributed by atoms with E-state index in [1.54, 1.807) is 12.1 Å². The Kier molecular flexibility index (Phi) is 5.78. The Morgan fingerprint density at radius 3 is 2.58 bits per heavy atom. The first kappa shape index (κ1) is 15.9. The Morgan fingerprint density at radius 2 is 2.05 bits per heavy atom. The predicted molar refractivity (Wildman–Crippen MR) is 74.2 cm³/mol. The topological polar surface area (TPSA) is 75.6 Å². The molecule has 108 valence electrons. The lowest BCUT2D eigenvalue weighted by atomic mass is 10.3. The summed E-state index contributed by atoms with van der Waals surface area (Å²) >= 11 is 0. The van der Waals surface area contributed by atoms with E-state index in [-0.39, 0.29) is 30.2 Å². The average molecular weight is 287 g/mol. The van der Waals surface area contributed by atoms with Gasteiger partial charge in [-0.25, -0.2) is 8.42 Å². The Hall–Kier alpha value is -1.11. The van der Waals surface area contributed by atoms with Gasteiger partial charge in [0.1, 0.15) is 12.4 Å². The molecule has 0 aliphatic heterocycles. The van der Waals surface area contributed by atoms with E-state index in [9.17, 15) is 13.5 Å². The summed E-state index contributed by atoms with van der Waals surface area (Å²) in [6, 6.07) is 6.40. The van der Waals surface area contributed by atoms with E-state index in [4.69, 9.17) is 4.74 Å². The third kappa shape index (κ3) is 5.59. The van der Waals surface area contributed by atoms with Crippen molar-refractivity contribution in [1.29, 1.82) is 0 Å². The minimum absolute atomic E-state index is 0.0378. The molecule has 0 spiro atoms. The molecule has 0 radical (unpaired) electrons. The minimum Gasteiger partial charge on any atom is -0.492 e. The number of nitrogens with one attached hydrogen (secondary N) is 1. The summed E-state index contributed by atoms with van der Waals surface area (Å²) in [5, 5.41) is 12.3. The highest BCUT2D eigenvalue weighted by Crippen LogP contribution is 2.17. The molecule has 0 bridgehead atoms. The number of ether oxygens (including phenoxy) is 1. The van der Waals surface area contributed by atoms with Crippen LogP contribution < -0.4 is 10.1 Å². The lowest BCUT2D eigenvalue weighted by molar-refractivity contribution is 0.176. The van der Waals surface area contributed by atoms with E-state index >= 15 is 0 Å². The van der Waals surface area contributed by atoms with Crippen LogP contribution in [-0.4, -0.2) is 45.1 Å². The fourth-order valence-electron chi connectivity index (χ4n) is 1.62. The smallest absolute Gasteiger partial charge is 0.175 e. The summed E-state index contributed by atoms with van der Waals surface area (Å²) in [7, 11) is -3.23. The Morgan fingerprint density at radius 1 is 1.37 bits per heavy atom. The maximum atomic E-state index is 11.4. The number of rotatable bonds is 7. The van der Waals surface area contributed by atoms with Gasteiger partial charge in [0.2, 0.25) is 0 Å². The third-order valence-electron chi connectivity index (χ3n) is 2.47. The zero-order valence-corrected chi connectivity index (χ0v) is 12.3. The van der Waals surface area contributed by atoms with E-state index in [2.05, 4.69) is 5.32 Å². The fourth-order valence-corrected chi connectivity index (χ4v) is 2.27. The van der Waals surface area contributed by atoms with Crippen LogP contribution >= 0.6 is 0 Å². The van der Waals surface area contributed by atoms with E-state index in [0.717, 1.165) is 6.26 Å². The second kappa shape index (κ2) is 6.88. The lowest BCUT2D eigenvalue weighted by Crippen LogP contribution is -2.41. The van der Waals surface area contributed by atoms with E-state index in [1.165, 1.54) is 12.1 Å². The van der Waals surface area contributed by atoms with E-state index in [1.807, 2.05) is 13.8 Å². The summed E-state index contributed by atoms with van der Waals surface area (Å²) in [6.07, 6.45) is 1.16. The number of hydrogen-bond donors (Lipinski definition) is 2. The van der Waals surface area contributed by atoms with Gasteiger partial charge in [-0.15, -0.1) is 0 Å². The highest BCUT2D eigenvalue weighted by atomic mass is 32.2. The molecule has 0 aliphatic rings. The predicted octanol–water partition coefficient (Wildman–Crippen LogP) is 0.828. The van der Waals surface area contributed by atoms with Gasteiger partial charge >= 0.3 is 0 Å². The van der Waals surface area contributed by atoms with Crippen molar-refractivity contribution in [3.05, 3.63) is 24.3 Å². The van der Waals surface area contributed by atoms with Crippen LogP contribution in [0.2, 0.25) is 0 Å². The molecule has 0 aromatic heterocycles. The van der Waals surface area contributed by atoms with Crippen LogP contribution in [0.5, 0.6) is 5.75 Å². The fraction of sp³-hybridized carbons (Fsp3) is 0.538. The molecule has 19 heavy (non-hydrogen) atoms. The second-order valence-electron chi connectivity index (χ2n) is 4.76. The summed E-state index contributed by atoms with van der Waals surface area (Å²) in [5.74, 6) is 0.479. The van der Waals surface area contributed by atoms with Gasteiger partial charge in [-0.05, 0) is 18.2 Å². The molecule has 0 aliphatic carbocycles.